The van der Waals surface area contributed by atoms with E-state index >= 15 is 0 Å². The molecule has 0 saturated carbocycles. The molecule has 1 aliphatic rings. The molecule has 1 N–H and O–H groups in total. The fourth-order valence-electron chi connectivity index (χ4n) is 3.61. The van der Waals surface area contributed by atoms with E-state index in [-0.39, 0.29) is 16.8 Å². The molecule has 1 heterocycles. The van der Waals surface area contributed by atoms with Gasteiger partial charge >= 0.3 is 5.97 Å². The SMILES string of the molecule is Cc1c(C(=O)O)c2c(n1Cc1ccccc1)C(=O)C(=O)c1ccc(Br)cc1-2. The zero-order valence-corrected chi connectivity index (χ0v) is 15.9. The molecule has 0 fully saturated rings. The number of nitrogens with zero attached hydrogens (tertiary/aromatic N) is 1. The Labute approximate surface area is 163 Å². The lowest BCUT2D eigenvalue weighted by atomic mass is 9.86. The number of rotatable bonds is 3. The summed E-state index contributed by atoms with van der Waals surface area (Å²) in [5.41, 5.74) is 2.58. The summed E-state index contributed by atoms with van der Waals surface area (Å²) in [6.45, 7) is 1.98. The Morgan fingerprint density at radius 1 is 1.04 bits per heavy atom. The third kappa shape index (κ3) is 2.64. The molecule has 3 aromatic rings. The minimum atomic E-state index is -1.12. The second-order valence-corrected chi connectivity index (χ2v) is 7.32. The number of halogens is 1. The lowest BCUT2D eigenvalue weighted by Gasteiger charge is -2.18. The summed E-state index contributed by atoms with van der Waals surface area (Å²) in [6.07, 6.45) is 0. The fraction of sp³-hybridized carbons (Fsp3) is 0.0952. The summed E-state index contributed by atoms with van der Waals surface area (Å²) < 4.78 is 2.34. The van der Waals surface area contributed by atoms with Gasteiger partial charge < -0.3 is 9.67 Å². The van der Waals surface area contributed by atoms with Crippen LogP contribution in [-0.2, 0) is 6.54 Å². The maximum absolute atomic E-state index is 12.9. The molecule has 0 bridgehead atoms. The van der Waals surface area contributed by atoms with E-state index in [0.717, 1.165) is 5.56 Å². The van der Waals surface area contributed by atoms with Gasteiger partial charge in [-0.05, 0) is 36.2 Å². The maximum atomic E-state index is 12.9. The van der Waals surface area contributed by atoms with Gasteiger partial charge in [0.2, 0.25) is 5.78 Å². The van der Waals surface area contributed by atoms with Crippen molar-refractivity contribution in [3.8, 4) is 11.1 Å². The Hall–Kier alpha value is -2.99. The minimum absolute atomic E-state index is 0.0566. The molecule has 0 amide bonds. The molecule has 0 atom stereocenters. The van der Waals surface area contributed by atoms with Crippen LogP contribution >= 0.6 is 15.9 Å². The van der Waals surface area contributed by atoms with Crippen molar-refractivity contribution in [2.45, 2.75) is 13.5 Å². The van der Waals surface area contributed by atoms with Gasteiger partial charge in [0.05, 0.1) is 5.56 Å². The lowest BCUT2D eigenvalue weighted by Crippen LogP contribution is -2.24. The highest BCUT2D eigenvalue weighted by Gasteiger charge is 2.38. The maximum Gasteiger partial charge on any atom is 0.338 e. The molecule has 27 heavy (non-hydrogen) atoms. The molecule has 134 valence electrons. The Kier molecular flexibility index (Phi) is 4.08. The number of Topliss-reactive ketones (excluding diaryl/α,β-unsaturated/α-hetero) is 2. The number of aromatic carboxylic acids is 1. The van der Waals surface area contributed by atoms with Crippen molar-refractivity contribution in [2.24, 2.45) is 0 Å². The van der Waals surface area contributed by atoms with Crippen molar-refractivity contribution in [1.29, 1.82) is 0 Å². The predicted octanol–water partition coefficient (Wildman–Crippen LogP) is 4.35. The van der Waals surface area contributed by atoms with Crippen LogP contribution in [0.15, 0.2) is 53.0 Å². The third-order valence-electron chi connectivity index (χ3n) is 4.84. The first-order valence-electron chi connectivity index (χ1n) is 8.29. The standard InChI is InChI=1S/C21H14BrNO4/c1-11-16(21(26)27)17-15-9-13(22)7-8-14(15)19(24)20(25)18(17)23(11)10-12-5-3-2-4-6-12/h2-9H,10H2,1H3,(H,26,27). The van der Waals surface area contributed by atoms with E-state index in [9.17, 15) is 19.5 Å². The van der Waals surface area contributed by atoms with Crippen molar-refractivity contribution < 1.29 is 19.5 Å². The third-order valence-corrected chi connectivity index (χ3v) is 5.33. The van der Waals surface area contributed by atoms with Gasteiger partial charge in [0.25, 0.3) is 5.78 Å². The largest absolute Gasteiger partial charge is 0.478 e. The van der Waals surface area contributed by atoms with Crippen molar-refractivity contribution in [3.63, 3.8) is 0 Å². The number of carboxylic acids is 1. The van der Waals surface area contributed by atoms with Crippen LogP contribution in [0.5, 0.6) is 0 Å². The van der Waals surface area contributed by atoms with Crippen LogP contribution in [0.2, 0.25) is 0 Å². The summed E-state index contributed by atoms with van der Waals surface area (Å²) in [4.78, 5) is 37.6. The quantitative estimate of drug-likeness (QED) is 0.635. The van der Waals surface area contributed by atoms with E-state index in [0.29, 0.717) is 27.8 Å². The number of carbonyl (C=O) groups is 3. The number of benzene rings is 2. The molecule has 4 rings (SSSR count). The number of carbonyl (C=O) groups excluding carboxylic acids is 2. The molecule has 0 unspecified atom stereocenters. The highest BCUT2D eigenvalue weighted by atomic mass is 79.9. The molecule has 0 aliphatic heterocycles. The highest BCUT2D eigenvalue weighted by Crippen LogP contribution is 2.40. The normalized spacial score (nSPS) is 12.7. The Morgan fingerprint density at radius 2 is 1.74 bits per heavy atom. The average molecular weight is 424 g/mol. The fourth-order valence-corrected chi connectivity index (χ4v) is 3.97. The van der Waals surface area contributed by atoms with Crippen LogP contribution in [0.25, 0.3) is 11.1 Å². The van der Waals surface area contributed by atoms with E-state index in [2.05, 4.69) is 15.9 Å². The first-order chi connectivity index (χ1) is 12.9. The number of ketones is 2. The molecule has 2 aromatic carbocycles. The zero-order valence-electron chi connectivity index (χ0n) is 14.3. The average Bonchev–Trinajstić information content (AvgIpc) is 2.93. The van der Waals surface area contributed by atoms with Gasteiger partial charge in [-0.1, -0.05) is 46.3 Å². The first kappa shape index (κ1) is 17.4. The molecular formula is C21H14BrNO4. The summed E-state index contributed by atoms with van der Waals surface area (Å²) in [5, 5.41) is 9.83. The van der Waals surface area contributed by atoms with E-state index in [1.807, 2.05) is 30.3 Å². The monoisotopic (exact) mass is 423 g/mol. The number of hydrogen-bond acceptors (Lipinski definition) is 3. The second kappa shape index (κ2) is 6.32. The van der Waals surface area contributed by atoms with Crippen molar-refractivity contribution in [2.75, 3.05) is 0 Å². The molecule has 1 aliphatic carbocycles. The van der Waals surface area contributed by atoms with Crippen molar-refractivity contribution >= 4 is 33.5 Å². The van der Waals surface area contributed by atoms with E-state index in [1.54, 1.807) is 29.7 Å². The first-order valence-corrected chi connectivity index (χ1v) is 9.08. The van der Waals surface area contributed by atoms with E-state index in [1.165, 1.54) is 0 Å². The minimum Gasteiger partial charge on any atom is -0.478 e. The Bertz CT molecular complexity index is 1130. The topological polar surface area (TPSA) is 76.4 Å². The van der Waals surface area contributed by atoms with Crippen LogP contribution in [0, 0.1) is 6.92 Å². The second-order valence-electron chi connectivity index (χ2n) is 6.41. The Balaban J connectivity index is 2.06. The molecule has 1 aromatic heterocycles. The number of carboxylic acid groups (broad SMARTS) is 1. The predicted molar refractivity (Wildman–Crippen MR) is 103 cm³/mol. The number of hydrogen-bond donors (Lipinski definition) is 1. The van der Waals surface area contributed by atoms with Crippen LogP contribution in [0.1, 0.15) is 42.5 Å². The summed E-state index contributed by atoms with van der Waals surface area (Å²) >= 11 is 3.37. The van der Waals surface area contributed by atoms with Gasteiger partial charge in [-0.3, -0.25) is 9.59 Å². The summed E-state index contributed by atoms with van der Waals surface area (Å²) in [7, 11) is 0. The highest BCUT2D eigenvalue weighted by molar-refractivity contribution is 9.10. The lowest BCUT2D eigenvalue weighted by molar-refractivity contribution is 0.0696. The van der Waals surface area contributed by atoms with Crippen molar-refractivity contribution in [1.82, 2.24) is 4.57 Å². The van der Waals surface area contributed by atoms with Gasteiger partial charge in [-0.25, -0.2) is 4.79 Å². The van der Waals surface area contributed by atoms with E-state index in [4.69, 9.17) is 0 Å². The summed E-state index contributed by atoms with van der Waals surface area (Å²) in [6, 6.07) is 14.3. The van der Waals surface area contributed by atoms with Crippen LogP contribution in [0.3, 0.4) is 0 Å². The molecule has 0 saturated heterocycles. The zero-order chi connectivity index (χ0) is 19.3. The molecule has 0 spiro atoms. The molecule has 6 heteroatoms. The van der Waals surface area contributed by atoms with Gasteiger partial charge in [0, 0.05) is 27.8 Å². The molecule has 0 radical (unpaired) electrons. The van der Waals surface area contributed by atoms with Gasteiger partial charge in [-0.2, -0.15) is 0 Å². The summed E-state index contributed by atoms with van der Waals surface area (Å²) in [5.74, 6) is -2.41. The molecule has 5 nitrogen and oxygen atoms in total. The number of fused-ring (bicyclic) bond motifs is 3. The smallest absolute Gasteiger partial charge is 0.338 e. The van der Waals surface area contributed by atoms with Gasteiger partial charge in [-0.15, -0.1) is 0 Å². The molecular weight excluding hydrogens is 410 g/mol. The van der Waals surface area contributed by atoms with Crippen LogP contribution < -0.4 is 0 Å². The van der Waals surface area contributed by atoms with Crippen LogP contribution in [-0.4, -0.2) is 27.2 Å². The number of aromatic nitrogens is 1. The van der Waals surface area contributed by atoms with Gasteiger partial charge in [0.1, 0.15) is 5.69 Å². The van der Waals surface area contributed by atoms with Crippen molar-refractivity contribution in [3.05, 3.63) is 81.1 Å². The van der Waals surface area contributed by atoms with E-state index < -0.39 is 17.5 Å². The Morgan fingerprint density at radius 3 is 2.41 bits per heavy atom. The van der Waals surface area contributed by atoms with Gasteiger partial charge in [0.15, 0.2) is 0 Å². The van der Waals surface area contributed by atoms with Crippen LogP contribution in [0.4, 0.5) is 0 Å².